The topological polar surface area (TPSA) is 52.3 Å². The normalized spacial score (nSPS) is 22.1. The van der Waals surface area contributed by atoms with E-state index >= 15 is 0 Å². The summed E-state index contributed by atoms with van der Waals surface area (Å²) in [5.41, 5.74) is -0.292. The van der Waals surface area contributed by atoms with E-state index in [-0.39, 0.29) is 6.42 Å². The first-order valence-corrected chi connectivity index (χ1v) is 6.82. The molecule has 1 unspecified atom stereocenters. The molecule has 106 valence electrons. The van der Waals surface area contributed by atoms with E-state index in [1.807, 2.05) is 0 Å². The third-order valence-corrected chi connectivity index (χ3v) is 3.47. The first-order valence-electron chi connectivity index (χ1n) is 6.82. The summed E-state index contributed by atoms with van der Waals surface area (Å²) in [7, 11) is 0. The highest BCUT2D eigenvalue weighted by atomic mass is 19.1. The van der Waals surface area contributed by atoms with Crippen LogP contribution in [0.1, 0.15) is 48.0 Å². The predicted molar refractivity (Wildman–Crippen MR) is 74.4 cm³/mol. The van der Waals surface area contributed by atoms with E-state index < -0.39 is 11.6 Å². The number of hydrogen-bond donors (Lipinski definition) is 1. The summed E-state index contributed by atoms with van der Waals surface area (Å²) < 4.78 is 14.7. The molecule has 0 bridgehead atoms. The SMILES string of the molecule is NOC(=O)c1ccc(CC2(F)C#CCCCCC2)cc1. The average molecular weight is 275 g/mol. The predicted octanol–water partition coefficient (Wildman–Crippen LogP) is 2.94. The fourth-order valence-electron chi connectivity index (χ4n) is 2.36. The lowest BCUT2D eigenvalue weighted by atomic mass is 9.89. The summed E-state index contributed by atoms with van der Waals surface area (Å²) in [5.74, 6) is 9.91. The molecule has 1 aliphatic rings. The first-order chi connectivity index (χ1) is 9.63. The third kappa shape index (κ3) is 3.82. The molecule has 0 fully saturated rings. The number of hydrogen-bond acceptors (Lipinski definition) is 3. The van der Waals surface area contributed by atoms with E-state index in [1.54, 1.807) is 24.3 Å². The summed E-state index contributed by atoms with van der Waals surface area (Å²) in [5, 5.41) is 0. The van der Waals surface area contributed by atoms with Crippen molar-refractivity contribution in [3.63, 3.8) is 0 Å². The van der Waals surface area contributed by atoms with Crippen molar-refractivity contribution in [2.45, 2.75) is 44.2 Å². The highest BCUT2D eigenvalue weighted by Crippen LogP contribution is 2.26. The molecule has 1 atom stereocenters. The lowest BCUT2D eigenvalue weighted by molar-refractivity contribution is 0.0503. The van der Waals surface area contributed by atoms with Gasteiger partial charge in [-0.2, -0.15) is 5.90 Å². The van der Waals surface area contributed by atoms with E-state index in [1.165, 1.54) is 0 Å². The van der Waals surface area contributed by atoms with Crippen molar-refractivity contribution in [2.24, 2.45) is 5.90 Å². The molecule has 1 aliphatic carbocycles. The van der Waals surface area contributed by atoms with Crippen LogP contribution in [0.3, 0.4) is 0 Å². The molecule has 1 aromatic carbocycles. The quantitative estimate of drug-likeness (QED) is 0.681. The van der Waals surface area contributed by atoms with Crippen molar-refractivity contribution in [3.8, 4) is 11.8 Å². The van der Waals surface area contributed by atoms with Gasteiger partial charge >= 0.3 is 5.97 Å². The second-order valence-corrected chi connectivity index (χ2v) is 5.11. The number of halogens is 1. The van der Waals surface area contributed by atoms with Gasteiger partial charge in [-0.3, -0.25) is 0 Å². The van der Waals surface area contributed by atoms with Gasteiger partial charge in [0, 0.05) is 12.8 Å². The van der Waals surface area contributed by atoms with Crippen molar-refractivity contribution in [1.29, 1.82) is 0 Å². The number of benzene rings is 1. The Bertz CT molecular complexity index is 530. The molecule has 0 saturated heterocycles. The minimum atomic E-state index is -1.46. The van der Waals surface area contributed by atoms with Crippen molar-refractivity contribution in [2.75, 3.05) is 0 Å². The molecule has 2 N–H and O–H groups in total. The first kappa shape index (κ1) is 14.5. The van der Waals surface area contributed by atoms with Gasteiger partial charge in [0.15, 0.2) is 5.67 Å². The van der Waals surface area contributed by atoms with Crippen LogP contribution in [0, 0.1) is 11.8 Å². The Morgan fingerprint density at radius 2 is 2.05 bits per heavy atom. The Hall–Kier alpha value is -1.86. The molecule has 0 radical (unpaired) electrons. The zero-order chi connectivity index (χ0) is 14.4. The molecular weight excluding hydrogens is 257 g/mol. The van der Waals surface area contributed by atoms with Gasteiger partial charge in [0.2, 0.25) is 0 Å². The molecule has 0 heterocycles. The van der Waals surface area contributed by atoms with Gasteiger partial charge in [-0.05, 0) is 37.0 Å². The maximum absolute atomic E-state index is 14.7. The monoisotopic (exact) mass is 275 g/mol. The molecule has 1 aromatic rings. The highest BCUT2D eigenvalue weighted by molar-refractivity contribution is 5.89. The van der Waals surface area contributed by atoms with E-state index in [2.05, 4.69) is 16.7 Å². The smallest absolute Gasteiger partial charge is 0.356 e. The van der Waals surface area contributed by atoms with Crippen molar-refractivity contribution < 1.29 is 14.0 Å². The van der Waals surface area contributed by atoms with Crippen LogP contribution in [0.5, 0.6) is 0 Å². The largest absolute Gasteiger partial charge is 0.370 e. The zero-order valence-electron chi connectivity index (χ0n) is 11.3. The fraction of sp³-hybridized carbons (Fsp3) is 0.438. The van der Waals surface area contributed by atoms with E-state index in [0.717, 1.165) is 31.2 Å². The van der Waals surface area contributed by atoms with E-state index in [0.29, 0.717) is 12.0 Å². The number of carbonyl (C=O) groups is 1. The Morgan fingerprint density at radius 3 is 2.75 bits per heavy atom. The fourth-order valence-corrected chi connectivity index (χ4v) is 2.36. The van der Waals surface area contributed by atoms with Gasteiger partial charge in [-0.15, -0.1) is 0 Å². The molecule has 0 amide bonds. The van der Waals surface area contributed by atoms with Crippen LogP contribution >= 0.6 is 0 Å². The minimum absolute atomic E-state index is 0.248. The van der Waals surface area contributed by atoms with E-state index in [9.17, 15) is 9.18 Å². The van der Waals surface area contributed by atoms with Crippen LogP contribution < -0.4 is 5.90 Å². The summed E-state index contributed by atoms with van der Waals surface area (Å²) in [6, 6.07) is 6.61. The van der Waals surface area contributed by atoms with Gasteiger partial charge in [0.25, 0.3) is 0 Å². The Balaban J connectivity index is 2.10. The highest BCUT2D eigenvalue weighted by Gasteiger charge is 2.27. The van der Waals surface area contributed by atoms with Crippen LogP contribution in [0.2, 0.25) is 0 Å². The molecule has 0 aliphatic heterocycles. The molecule has 20 heavy (non-hydrogen) atoms. The maximum Gasteiger partial charge on any atom is 0.356 e. The van der Waals surface area contributed by atoms with Crippen molar-refractivity contribution >= 4 is 5.97 Å². The van der Waals surface area contributed by atoms with Crippen LogP contribution in [-0.4, -0.2) is 11.6 Å². The summed E-state index contributed by atoms with van der Waals surface area (Å²) in [4.78, 5) is 15.4. The van der Waals surface area contributed by atoms with Crippen LogP contribution in [0.25, 0.3) is 0 Å². The number of nitrogens with two attached hydrogens (primary N) is 1. The Kier molecular flexibility index (Phi) is 4.75. The van der Waals surface area contributed by atoms with Crippen LogP contribution in [0.4, 0.5) is 4.39 Å². The molecule has 2 rings (SSSR count). The number of alkyl halides is 1. The van der Waals surface area contributed by atoms with Gasteiger partial charge < -0.3 is 4.84 Å². The molecular formula is C16H18FNO2. The van der Waals surface area contributed by atoms with Gasteiger partial charge in [-0.1, -0.05) is 30.4 Å². The average Bonchev–Trinajstić information content (AvgIpc) is 2.44. The minimum Gasteiger partial charge on any atom is -0.370 e. The number of carbonyl (C=O) groups excluding carboxylic acids is 1. The van der Waals surface area contributed by atoms with Crippen LogP contribution in [0.15, 0.2) is 24.3 Å². The Morgan fingerprint density at radius 1 is 1.30 bits per heavy atom. The Labute approximate surface area is 118 Å². The lowest BCUT2D eigenvalue weighted by Gasteiger charge is -2.21. The van der Waals surface area contributed by atoms with Gasteiger partial charge in [0.1, 0.15) is 0 Å². The second-order valence-electron chi connectivity index (χ2n) is 5.11. The van der Waals surface area contributed by atoms with Gasteiger partial charge in [0.05, 0.1) is 5.56 Å². The molecule has 0 aromatic heterocycles. The second kappa shape index (κ2) is 6.53. The van der Waals surface area contributed by atoms with Crippen molar-refractivity contribution in [1.82, 2.24) is 0 Å². The zero-order valence-corrected chi connectivity index (χ0v) is 11.3. The maximum atomic E-state index is 14.7. The lowest BCUT2D eigenvalue weighted by Crippen LogP contribution is -2.24. The number of rotatable bonds is 3. The molecule has 3 nitrogen and oxygen atoms in total. The molecule has 0 saturated carbocycles. The van der Waals surface area contributed by atoms with Crippen LogP contribution in [-0.2, 0) is 11.3 Å². The standard InChI is InChI=1S/C16H18FNO2/c17-16(10-4-2-1-3-5-11-16)12-13-6-8-14(9-7-13)15(19)20-18/h6-9H,1-4,10,12,18H2. The summed E-state index contributed by atoms with van der Waals surface area (Å²) in [6.45, 7) is 0. The van der Waals surface area contributed by atoms with E-state index in [4.69, 9.17) is 5.90 Å². The van der Waals surface area contributed by atoms with Gasteiger partial charge in [-0.25, -0.2) is 9.18 Å². The summed E-state index contributed by atoms with van der Waals surface area (Å²) >= 11 is 0. The molecule has 0 spiro atoms. The third-order valence-electron chi connectivity index (χ3n) is 3.47. The summed E-state index contributed by atoms with van der Waals surface area (Å²) in [6.07, 6.45) is 4.43. The molecule has 4 heteroatoms. The van der Waals surface area contributed by atoms with Crippen molar-refractivity contribution in [3.05, 3.63) is 35.4 Å².